The van der Waals surface area contributed by atoms with Gasteiger partial charge in [-0.1, -0.05) is 0 Å². The molecule has 1 saturated heterocycles. The van der Waals surface area contributed by atoms with Crippen molar-refractivity contribution >= 4 is 33.4 Å². The summed E-state index contributed by atoms with van der Waals surface area (Å²) < 4.78 is 27.7. The zero-order valence-corrected chi connectivity index (χ0v) is 23.1. The number of carboxylic acid groups (broad SMARTS) is 1. The summed E-state index contributed by atoms with van der Waals surface area (Å²) in [5.74, 6) is -1.97. The number of methoxy groups -OCH3 is 1. The third-order valence-electron chi connectivity index (χ3n) is 7.02. The van der Waals surface area contributed by atoms with Crippen molar-refractivity contribution in [3.63, 3.8) is 0 Å². The summed E-state index contributed by atoms with van der Waals surface area (Å²) in [7, 11) is 1.39. The number of fused-ring (bicyclic) bond motifs is 1. The lowest BCUT2D eigenvalue weighted by Gasteiger charge is -2.24. The van der Waals surface area contributed by atoms with E-state index in [9.17, 15) is 28.7 Å². The molecular formula is C27H29FN4O7S. The SMILES string of the molecule is COc1ccc(F)cc1C(Cn1c(=O)n(C(C)C(=O)N2CCCC2)c(=O)c2c(C)c(C(=O)O)sc21)OCCC#N. The summed E-state index contributed by atoms with van der Waals surface area (Å²) in [6, 6.07) is 4.61. The fraction of sp³-hybridized carbons (Fsp3) is 0.444. The number of halogens is 1. The number of carbonyl (C=O) groups is 2. The van der Waals surface area contributed by atoms with Crippen molar-refractivity contribution in [3.8, 4) is 11.8 Å². The summed E-state index contributed by atoms with van der Waals surface area (Å²) in [5, 5.41) is 18.8. The number of aryl methyl sites for hydroxylation is 1. The van der Waals surface area contributed by atoms with Crippen molar-refractivity contribution in [2.75, 3.05) is 26.8 Å². The van der Waals surface area contributed by atoms with E-state index in [0.717, 1.165) is 28.7 Å². The number of hydrogen-bond donors (Lipinski definition) is 1. The fourth-order valence-corrected chi connectivity index (χ4v) is 6.13. The molecule has 1 aromatic carbocycles. The van der Waals surface area contributed by atoms with Crippen LogP contribution in [-0.2, 0) is 16.1 Å². The van der Waals surface area contributed by atoms with E-state index in [1.165, 1.54) is 43.7 Å². The molecule has 13 heteroatoms. The van der Waals surface area contributed by atoms with E-state index in [1.54, 1.807) is 4.90 Å². The Morgan fingerprint density at radius 1 is 1.25 bits per heavy atom. The highest BCUT2D eigenvalue weighted by Crippen LogP contribution is 2.33. The molecule has 1 N–H and O–H groups in total. The second-order valence-electron chi connectivity index (χ2n) is 9.47. The van der Waals surface area contributed by atoms with Crippen LogP contribution in [0.25, 0.3) is 10.2 Å². The van der Waals surface area contributed by atoms with Crippen LogP contribution < -0.4 is 16.0 Å². The molecule has 0 aliphatic carbocycles. The molecule has 1 aliphatic heterocycles. The zero-order valence-electron chi connectivity index (χ0n) is 22.3. The first-order chi connectivity index (χ1) is 19.1. The largest absolute Gasteiger partial charge is 0.496 e. The minimum Gasteiger partial charge on any atom is -0.496 e. The van der Waals surface area contributed by atoms with Crippen LogP contribution in [0, 0.1) is 24.1 Å². The fourth-order valence-electron chi connectivity index (χ4n) is 4.99. The molecule has 212 valence electrons. The quantitative estimate of drug-likeness (QED) is 0.365. The maximum absolute atomic E-state index is 14.3. The maximum Gasteiger partial charge on any atom is 0.346 e. The average molecular weight is 573 g/mol. The summed E-state index contributed by atoms with van der Waals surface area (Å²) in [4.78, 5) is 54.5. The highest BCUT2D eigenvalue weighted by molar-refractivity contribution is 7.20. The molecule has 2 aromatic heterocycles. The molecule has 1 fully saturated rings. The van der Waals surface area contributed by atoms with Crippen LogP contribution in [0.4, 0.5) is 4.39 Å². The average Bonchev–Trinajstić information content (AvgIpc) is 3.58. The first-order valence-electron chi connectivity index (χ1n) is 12.7. The summed E-state index contributed by atoms with van der Waals surface area (Å²) >= 11 is 0.761. The molecule has 3 aromatic rings. The predicted octanol–water partition coefficient (Wildman–Crippen LogP) is 3.23. The van der Waals surface area contributed by atoms with Crippen molar-refractivity contribution in [3.05, 3.63) is 60.9 Å². The van der Waals surface area contributed by atoms with E-state index >= 15 is 0 Å². The number of benzene rings is 1. The Kier molecular flexibility index (Phi) is 8.70. The molecular weight excluding hydrogens is 543 g/mol. The summed E-state index contributed by atoms with van der Waals surface area (Å²) in [5.41, 5.74) is -1.17. The Bertz CT molecular complexity index is 1610. The van der Waals surface area contributed by atoms with E-state index in [2.05, 4.69) is 0 Å². The molecule has 0 bridgehead atoms. The van der Waals surface area contributed by atoms with Crippen molar-refractivity contribution in [2.24, 2.45) is 0 Å². The van der Waals surface area contributed by atoms with Gasteiger partial charge in [0.1, 0.15) is 33.4 Å². The van der Waals surface area contributed by atoms with Gasteiger partial charge in [-0.15, -0.1) is 11.3 Å². The lowest BCUT2D eigenvalue weighted by atomic mass is 10.1. The Morgan fingerprint density at radius 2 is 1.95 bits per heavy atom. The summed E-state index contributed by atoms with van der Waals surface area (Å²) in [6.07, 6.45) is 0.630. The number of aromatic nitrogens is 2. The molecule has 0 spiro atoms. The highest BCUT2D eigenvalue weighted by atomic mass is 32.1. The minimum atomic E-state index is -1.27. The van der Waals surface area contributed by atoms with E-state index in [0.29, 0.717) is 13.1 Å². The van der Waals surface area contributed by atoms with Gasteiger partial charge >= 0.3 is 11.7 Å². The molecule has 2 unspecified atom stereocenters. The Hall–Kier alpha value is -4.02. The van der Waals surface area contributed by atoms with Gasteiger partial charge in [-0.3, -0.25) is 14.2 Å². The van der Waals surface area contributed by atoms with Crippen molar-refractivity contribution < 1.29 is 28.6 Å². The number of ether oxygens (including phenoxy) is 2. The van der Waals surface area contributed by atoms with Crippen molar-refractivity contribution in [1.29, 1.82) is 5.26 Å². The topological polar surface area (TPSA) is 144 Å². The number of nitrogens with zero attached hydrogens (tertiary/aromatic N) is 4. The predicted molar refractivity (Wildman–Crippen MR) is 144 cm³/mol. The molecule has 1 aliphatic rings. The van der Waals surface area contributed by atoms with Crippen LogP contribution in [0.3, 0.4) is 0 Å². The maximum atomic E-state index is 14.3. The van der Waals surface area contributed by atoms with E-state index < -0.39 is 35.2 Å². The van der Waals surface area contributed by atoms with Gasteiger partial charge in [0.25, 0.3) is 5.56 Å². The third-order valence-corrected chi connectivity index (χ3v) is 8.32. The molecule has 0 saturated carbocycles. The zero-order chi connectivity index (χ0) is 29.1. The second-order valence-corrected chi connectivity index (χ2v) is 10.5. The van der Waals surface area contributed by atoms with E-state index in [1.807, 2.05) is 6.07 Å². The molecule has 2 atom stereocenters. The van der Waals surface area contributed by atoms with Gasteiger partial charge in [0.15, 0.2) is 0 Å². The second kappa shape index (κ2) is 12.0. The van der Waals surface area contributed by atoms with Gasteiger partial charge < -0.3 is 19.5 Å². The van der Waals surface area contributed by atoms with Crippen LogP contribution in [-0.4, -0.2) is 57.8 Å². The minimum absolute atomic E-state index is 0.00468. The van der Waals surface area contributed by atoms with Crippen LogP contribution in [0.1, 0.15) is 59.1 Å². The number of nitriles is 1. The normalized spacial score (nSPS) is 14.7. The lowest BCUT2D eigenvalue weighted by molar-refractivity contribution is -0.133. The Morgan fingerprint density at radius 3 is 2.58 bits per heavy atom. The number of carboxylic acids is 1. The highest BCUT2D eigenvalue weighted by Gasteiger charge is 2.31. The van der Waals surface area contributed by atoms with Crippen LogP contribution in [0.15, 0.2) is 27.8 Å². The van der Waals surface area contributed by atoms with Gasteiger partial charge in [0.2, 0.25) is 5.91 Å². The molecule has 0 radical (unpaired) electrons. The number of hydrogen-bond acceptors (Lipinski definition) is 8. The van der Waals surface area contributed by atoms with E-state index in [4.69, 9.17) is 14.7 Å². The smallest absolute Gasteiger partial charge is 0.346 e. The van der Waals surface area contributed by atoms with Crippen molar-refractivity contribution in [1.82, 2.24) is 14.0 Å². The number of thiophene rings is 1. The third kappa shape index (κ3) is 5.37. The Labute approximate surface area is 232 Å². The monoisotopic (exact) mass is 572 g/mol. The van der Waals surface area contributed by atoms with E-state index in [-0.39, 0.29) is 57.4 Å². The van der Waals surface area contributed by atoms with Crippen LogP contribution >= 0.6 is 11.3 Å². The number of rotatable bonds is 10. The summed E-state index contributed by atoms with van der Waals surface area (Å²) in [6.45, 7) is 3.66. The first-order valence-corrected chi connectivity index (χ1v) is 13.5. The number of carbonyl (C=O) groups excluding carboxylic acids is 1. The van der Waals surface area contributed by atoms with Gasteiger partial charge in [0.05, 0.1) is 38.1 Å². The number of aromatic carboxylic acids is 1. The number of amides is 1. The van der Waals surface area contributed by atoms with Crippen LogP contribution in [0.5, 0.6) is 5.75 Å². The van der Waals surface area contributed by atoms with Crippen molar-refractivity contribution in [2.45, 2.75) is 51.8 Å². The standard InChI is InChI=1S/C27H29FN4O7S/c1-15-21-24(34)32(16(2)23(33)30-10-4-5-11-30)27(37)31(25(21)40-22(15)26(35)36)14-20(39-12-6-9-29)18-13-17(28)7-8-19(18)38-3/h7-8,13,16,20H,4-6,10-12,14H2,1-3H3,(H,35,36). The molecule has 11 nitrogen and oxygen atoms in total. The number of likely N-dealkylation sites (tertiary alicyclic amines) is 1. The Balaban J connectivity index is 1.95. The van der Waals surface area contributed by atoms with Gasteiger partial charge in [-0.2, -0.15) is 5.26 Å². The van der Waals surface area contributed by atoms with Gasteiger partial charge in [-0.25, -0.2) is 18.5 Å². The molecule has 4 rings (SSSR count). The first kappa shape index (κ1) is 29.0. The molecule has 1 amide bonds. The van der Waals surface area contributed by atoms with Crippen LogP contribution in [0.2, 0.25) is 0 Å². The van der Waals surface area contributed by atoms with Gasteiger partial charge in [-0.05, 0) is 50.5 Å². The molecule has 3 heterocycles. The lowest BCUT2D eigenvalue weighted by Crippen LogP contribution is -2.47. The molecule has 40 heavy (non-hydrogen) atoms. The van der Waals surface area contributed by atoms with Gasteiger partial charge in [0, 0.05) is 18.7 Å².